The summed E-state index contributed by atoms with van der Waals surface area (Å²) in [5, 5.41) is 2.24. The second-order valence-electron chi connectivity index (χ2n) is 3.05. The molecular formula is C10H6F3NS. The van der Waals surface area contributed by atoms with Gasteiger partial charge in [-0.2, -0.15) is 0 Å². The number of halogens is 3. The summed E-state index contributed by atoms with van der Waals surface area (Å²) in [7, 11) is 0. The zero-order chi connectivity index (χ0) is 11.0. The van der Waals surface area contributed by atoms with Crippen LogP contribution in [0.5, 0.6) is 0 Å². The number of aryl methyl sites for hydroxylation is 1. The van der Waals surface area contributed by atoms with Crippen LogP contribution in [0.4, 0.5) is 13.2 Å². The molecule has 0 unspecified atom stereocenters. The molecule has 0 aliphatic heterocycles. The van der Waals surface area contributed by atoms with E-state index in [1.807, 2.05) is 0 Å². The van der Waals surface area contributed by atoms with Crippen molar-refractivity contribution in [3.63, 3.8) is 0 Å². The van der Waals surface area contributed by atoms with Gasteiger partial charge in [-0.15, -0.1) is 11.3 Å². The van der Waals surface area contributed by atoms with Gasteiger partial charge in [0.25, 0.3) is 0 Å². The largest absolute Gasteiger partial charge is 0.241 e. The molecule has 2 aromatic rings. The highest BCUT2D eigenvalue weighted by atomic mass is 32.1. The lowest BCUT2D eigenvalue weighted by atomic mass is 10.2. The highest BCUT2D eigenvalue weighted by Crippen LogP contribution is 2.26. The minimum Gasteiger partial charge on any atom is -0.241 e. The lowest BCUT2D eigenvalue weighted by Gasteiger charge is -1.99. The summed E-state index contributed by atoms with van der Waals surface area (Å²) in [5.41, 5.74) is 1.02. The van der Waals surface area contributed by atoms with Crippen LogP contribution in [0.3, 0.4) is 0 Å². The fourth-order valence-electron chi connectivity index (χ4n) is 1.17. The summed E-state index contributed by atoms with van der Waals surface area (Å²) >= 11 is 1.26. The first-order valence-corrected chi connectivity index (χ1v) is 5.03. The second-order valence-corrected chi connectivity index (χ2v) is 3.91. The van der Waals surface area contributed by atoms with Gasteiger partial charge in [0, 0.05) is 16.6 Å². The Bertz CT molecular complexity index is 484. The molecule has 0 spiro atoms. The number of nitrogens with zero attached hydrogens (tertiary/aromatic N) is 1. The Hall–Kier alpha value is -1.36. The van der Waals surface area contributed by atoms with Crippen LogP contribution in [0, 0.1) is 24.4 Å². The van der Waals surface area contributed by atoms with Crippen molar-refractivity contribution in [1.82, 2.24) is 4.98 Å². The number of hydrogen-bond acceptors (Lipinski definition) is 2. The van der Waals surface area contributed by atoms with Crippen molar-refractivity contribution in [2.75, 3.05) is 0 Å². The fraction of sp³-hybridized carbons (Fsp3) is 0.100. The van der Waals surface area contributed by atoms with Crippen LogP contribution in [-0.2, 0) is 0 Å². The Morgan fingerprint density at radius 2 is 1.73 bits per heavy atom. The van der Waals surface area contributed by atoms with Crippen LogP contribution in [0.15, 0.2) is 17.5 Å². The summed E-state index contributed by atoms with van der Waals surface area (Å²) in [6, 6.07) is 1.88. The number of rotatable bonds is 1. The summed E-state index contributed by atoms with van der Waals surface area (Å²) in [4.78, 5) is 4.06. The van der Waals surface area contributed by atoms with Crippen LogP contribution < -0.4 is 0 Å². The van der Waals surface area contributed by atoms with E-state index < -0.39 is 17.5 Å². The molecule has 1 aromatic carbocycles. The molecule has 5 heteroatoms. The Kier molecular flexibility index (Phi) is 2.48. The molecule has 0 N–H and O–H groups in total. The van der Waals surface area contributed by atoms with E-state index in [0.717, 1.165) is 17.8 Å². The van der Waals surface area contributed by atoms with E-state index in [1.165, 1.54) is 11.3 Å². The van der Waals surface area contributed by atoms with Gasteiger partial charge in [-0.3, -0.25) is 0 Å². The first-order valence-electron chi connectivity index (χ1n) is 4.15. The molecule has 0 aliphatic carbocycles. The highest BCUT2D eigenvalue weighted by Gasteiger charge is 2.12. The number of thiazole rings is 1. The van der Waals surface area contributed by atoms with Crippen LogP contribution in [-0.4, -0.2) is 4.98 Å². The van der Waals surface area contributed by atoms with Gasteiger partial charge in [-0.1, -0.05) is 0 Å². The van der Waals surface area contributed by atoms with E-state index in [-0.39, 0.29) is 5.56 Å². The van der Waals surface area contributed by atoms with Gasteiger partial charge < -0.3 is 0 Å². The SMILES string of the molecule is Cc1csc(-c2cc(F)c(F)c(F)c2)n1. The molecule has 15 heavy (non-hydrogen) atoms. The van der Waals surface area contributed by atoms with E-state index in [0.29, 0.717) is 5.01 Å². The third-order valence-corrected chi connectivity index (χ3v) is 2.86. The normalized spacial score (nSPS) is 10.7. The second kappa shape index (κ2) is 3.66. The van der Waals surface area contributed by atoms with Crippen molar-refractivity contribution in [1.29, 1.82) is 0 Å². The Labute approximate surface area is 88.2 Å². The molecule has 78 valence electrons. The average molecular weight is 229 g/mol. The molecule has 1 heterocycles. The third-order valence-electron chi connectivity index (χ3n) is 1.85. The standard InChI is InChI=1S/C10H6F3NS/c1-5-4-15-10(14-5)6-2-7(11)9(13)8(12)3-6/h2-4H,1H3. The van der Waals surface area contributed by atoms with Crippen molar-refractivity contribution >= 4 is 11.3 Å². The summed E-state index contributed by atoms with van der Waals surface area (Å²) in [6.07, 6.45) is 0. The van der Waals surface area contributed by atoms with E-state index in [4.69, 9.17) is 0 Å². The molecule has 1 aromatic heterocycles. The van der Waals surface area contributed by atoms with Gasteiger partial charge in [0.2, 0.25) is 0 Å². The molecule has 2 rings (SSSR count). The average Bonchev–Trinajstić information content (AvgIpc) is 2.60. The van der Waals surface area contributed by atoms with Crippen LogP contribution in [0.1, 0.15) is 5.69 Å². The van der Waals surface area contributed by atoms with Crippen LogP contribution in [0.2, 0.25) is 0 Å². The molecule has 0 atom stereocenters. The Morgan fingerprint density at radius 3 is 2.20 bits per heavy atom. The minimum absolute atomic E-state index is 0.254. The van der Waals surface area contributed by atoms with Crippen LogP contribution >= 0.6 is 11.3 Å². The zero-order valence-electron chi connectivity index (χ0n) is 7.72. The van der Waals surface area contributed by atoms with Gasteiger partial charge in [-0.05, 0) is 19.1 Å². The number of benzene rings is 1. The summed E-state index contributed by atoms with van der Waals surface area (Å²) in [6.45, 7) is 1.77. The lowest BCUT2D eigenvalue weighted by molar-refractivity contribution is 0.447. The van der Waals surface area contributed by atoms with E-state index in [9.17, 15) is 13.2 Å². The number of hydrogen-bond donors (Lipinski definition) is 0. The summed E-state index contributed by atoms with van der Waals surface area (Å²) < 4.78 is 38.5. The maximum absolute atomic E-state index is 12.9. The Balaban J connectivity index is 2.55. The van der Waals surface area contributed by atoms with E-state index >= 15 is 0 Å². The monoisotopic (exact) mass is 229 g/mol. The van der Waals surface area contributed by atoms with Crippen molar-refractivity contribution in [3.05, 3.63) is 40.7 Å². The molecule has 0 saturated heterocycles. The maximum atomic E-state index is 12.9. The first-order chi connectivity index (χ1) is 7.08. The molecule has 0 fully saturated rings. The van der Waals surface area contributed by atoms with Crippen molar-refractivity contribution < 1.29 is 13.2 Å². The maximum Gasteiger partial charge on any atom is 0.194 e. The van der Waals surface area contributed by atoms with Gasteiger partial charge >= 0.3 is 0 Å². The van der Waals surface area contributed by atoms with Gasteiger partial charge in [-0.25, -0.2) is 18.2 Å². The quantitative estimate of drug-likeness (QED) is 0.681. The summed E-state index contributed by atoms with van der Waals surface area (Å²) in [5.74, 6) is -3.84. The van der Waals surface area contributed by atoms with E-state index in [2.05, 4.69) is 4.98 Å². The molecule has 0 aliphatic rings. The minimum atomic E-state index is -1.45. The van der Waals surface area contributed by atoms with Gasteiger partial charge in [0.1, 0.15) is 5.01 Å². The van der Waals surface area contributed by atoms with Crippen molar-refractivity contribution in [2.24, 2.45) is 0 Å². The predicted octanol–water partition coefficient (Wildman–Crippen LogP) is 3.54. The third kappa shape index (κ3) is 1.87. The van der Waals surface area contributed by atoms with Crippen molar-refractivity contribution in [2.45, 2.75) is 6.92 Å². The molecule has 0 saturated carbocycles. The first kappa shape index (κ1) is 10.2. The molecule has 0 bridgehead atoms. The van der Waals surface area contributed by atoms with Crippen molar-refractivity contribution in [3.8, 4) is 10.6 Å². The highest BCUT2D eigenvalue weighted by molar-refractivity contribution is 7.13. The fourth-order valence-corrected chi connectivity index (χ4v) is 1.95. The molecule has 0 amide bonds. The predicted molar refractivity (Wildman–Crippen MR) is 52.2 cm³/mol. The van der Waals surface area contributed by atoms with Gasteiger partial charge in [0.15, 0.2) is 17.5 Å². The van der Waals surface area contributed by atoms with Crippen LogP contribution in [0.25, 0.3) is 10.6 Å². The Morgan fingerprint density at radius 1 is 1.13 bits per heavy atom. The molecule has 1 nitrogen and oxygen atoms in total. The topological polar surface area (TPSA) is 12.9 Å². The molecule has 0 radical (unpaired) electrons. The zero-order valence-corrected chi connectivity index (χ0v) is 8.54. The smallest absolute Gasteiger partial charge is 0.194 e. The lowest BCUT2D eigenvalue weighted by Crippen LogP contribution is -1.91. The molecular weight excluding hydrogens is 223 g/mol. The van der Waals surface area contributed by atoms with Gasteiger partial charge in [0.05, 0.1) is 0 Å². The number of aromatic nitrogens is 1. The van der Waals surface area contributed by atoms with E-state index in [1.54, 1.807) is 12.3 Å².